The Hall–Kier alpha value is -0.980. The fourth-order valence-corrected chi connectivity index (χ4v) is 2.01. The Kier molecular flexibility index (Phi) is 5.37. The van der Waals surface area contributed by atoms with Gasteiger partial charge in [0.05, 0.1) is 13.2 Å². The van der Waals surface area contributed by atoms with Gasteiger partial charge in [-0.3, -0.25) is 9.80 Å². The Balaban J connectivity index is 0.000000606. The minimum absolute atomic E-state index is 0.0907. The number of ether oxygens (including phenoxy) is 1. The summed E-state index contributed by atoms with van der Waals surface area (Å²) in [7, 11) is 1.97. The van der Waals surface area contributed by atoms with Crippen molar-refractivity contribution in [1.82, 2.24) is 15.3 Å². The van der Waals surface area contributed by atoms with E-state index in [1.54, 1.807) is 0 Å². The summed E-state index contributed by atoms with van der Waals surface area (Å²) in [6.45, 7) is 5.50. The minimum Gasteiger partial charge on any atom is -0.370 e. The molecule has 2 saturated heterocycles. The van der Waals surface area contributed by atoms with Crippen molar-refractivity contribution in [2.24, 2.45) is 0 Å². The first-order valence-corrected chi connectivity index (χ1v) is 5.40. The van der Waals surface area contributed by atoms with Crippen LogP contribution in [-0.2, 0) is 14.3 Å². The highest BCUT2D eigenvalue weighted by Gasteiger charge is 2.30. The zero-order chi connectivity index (χ0) is 12.0. The molecule has 0 aromatic rings. The van der Waals surface area contributed by atoms with Crippen molar-refractivity contribution in [2.75, 3.05) is 39.9 Å². The average Bonchev–Trinajstić information content (AvgIpc) is 2.81. The van der Waals surface area contributed by atoms with E-state index in [4.69, 9.17) is 9.53 Å². The fourth-order valence-electron chi connectivity index (χ4n) is 2.01. The summed E-state index contributed by atoms with van der Waals surface area (Å²) >= 11 is 0. The molecule has 2 aliphatic heterocycles. The Morgan fingerprint density at radius 3 is 2.75 bits per heavy atom. The zero-order valence-corrected chi connectivity index (χ0v) is 9.65. The number of nitrogens with one attached hydrogen (secondary N) is 1. The molecule has 1 amide bonds. The van der Waals surface area contributed by atoms with E-state index < -0.39 is 0 Å². The summed E-state index contributed by atoms with van der Waals surface area (Å²) in [4.78, 5) is 19.5. The average molecular weight is 229 g/mol. The van der Waals surface area contributed by atoms with Crippen LogP contribution in [-0.4, -0.2) is 68.7 Å². The van der Waals surface area contributed by atoms with Gasteiger partial charge in [-0.1, -0.05) is 0 Å². The van der Waals surface area contributed by atoms with E-state index in [1.807, 2.05) is 18.8 Å². The summed E-state index contributed by atoms with van der Waals surface area (Å²) in [5.41, 5.74) is 0. The number of hydrazine groups is 1. The van der Waals surface area contributed by atoms with Gasteiger partial charge in [0.1, 0.15) is 13.4 Å². The molecule has 0 aromatic carbocycles. The van der Waals surface area contributed by atoms with Gasteiger partial charge >= 0.3 is 0 Å². The standard InChI is InChI=1S/C9H17N3O2.CH2O/c1-10-8-2-3-11(6-8)12-4-5-14-7-9(12)13;1-2/h8,10H,2-7H2,1H3;1H2. The van der Waals surface area contributed by atoms with Crippen LogP contribution in [0.5, 0.6) is 0 Å². The van der Waals surface area contributed by atoms with Crippen LogP contribution in [0.25, 0.3) is 0 Å². The first kappa shape index (κ1) is 13.1. The lowest BCUT2D eigenvalue weighted by molar-refractivity contribution is -0.163. The van der Waals surface area contributed by atoms with E-state index in [1.165, 1.54) is 0 Å². The summed E-state index contributed by atoms with van der Waals surface area (Å²) < 4.78 is 5.09. The molecular formula is C10H19N3O3. The molecular weight excluding hydrogens is 210 g/mol. The van der Waals surface area contributed by atoms with Gasteiger partial charge in [-0.05, 0) is 13.5 Å². The molecule has 92 valence electrons. The third kappa shape index (κ3) is 3.01. The molecule has 2 fully saturated rings. The molecule has 1 atom stereocenters. The van der Waals surface area contributed by atoms with Gasteiger partial charge in [-0.25, -0.2) is 5.01 Å². The lowest BCUT2D eigenvalue weighted by atomic mass is 10.3. The minimum atomic E-state index is 0.0907. The monoisotopic (exact) mass is 229 g/mol. The van der Waals surface area contributed by atoms with E-state index in [0.717, 1.165) is 19.5 Å². The van der Waals surface area contributed by atoms with Crippen LogP contribution in [0.4, 0.5) is 0 Å². The molecule has 2 rings (SSSR count). The number of hydrogen-bond acceptors (Lipinski definition) is 5. The van der Waals surface area contributed by atoms with Crippen LogP contribution in [0.3, 0.4) is 0 Å². The van der Waals surface area contributed by atoms with Crippen molar-refractivity contribution >= 4 is 12.7 Å². The lowest BCUT2D eigenvalue weighted by Gasteiger charge is -2.34. The van der Waals surface area contributed by atoms with Gasteiger partial charge in [-0.15, -0.1) is 0 Å². The maximum atomic E-state index is 11.5. The molecule has 0 saturated carbocycles. The summed E-state index contributed by atoms with van der Waals surface area (Å²) in [6.07, 6.45) is 1.11. The molecule has 0 aliphatic carbocycles. The van der Waals surface area contributed by atoms with Crippen LogP contribution in [0.2, 0.25) is 0 Å². The summed E-state index contributed by atoms with van der Waals surface area (Å²) in [5, 5.41) is 7.20. The molecule has 0 radical (unpaired) electrons. The SMILES string of the molecule is C=O.CNC1CCN(N2CCOCC2=O)C1. The van der Waals surface area contributed by atoms with Gasteiger partial charge in [0.15, 0.2) is 0 Å². The van der Waals surface area contributed by atoms with Crippen LogP contribution >= 0.6 is 0 Å². The van der Waals surface area contributed by atoms with Crippen LogP contribution in [0.1, 0.15) is 6.42 Å². The summed E-state index contributed by atoms with van der Waals surface area (Å²) in [6, 6.07) is 0.519. The van der Waals surface area contributed by atoms with Crippen molar-refractivity contribution in [3.63, 3.8) is 0 Å². The van der Waals surface area contributed by atoms with Gasteiger partial charge in [0, 0.05) is 19.1 Å². The van der Waals surface area contributed by atoms with Gasteiger partial charge in [0.25, 0.3) is 5.91 Å². The maximum absolute atomic E-state index is 11.5. The Labute approximate surface area is 95.5 Å². The van der Waals surface area contributed by atoms with E-state index in [9.17, 15) is 4.79 Å². The van der Waals surface area contributed by atoms with Crippen molar-refractivity contribution < 1.29 is 14.3 Å². The van der Waals surface area contributed by atoms with Gasteiger partial charge in [0.2, 0.25) is 0 Å². The molecule has 0 bridgehead atoms. The quantitative estimate of drug-likeness (QED) is 0.649. The molecule has 2 heterocycles. The Bertz CT molecular complexity index is 237. The number of hydrogen-bond donors (Lipinski definition) is 1. The van der Waals surface area contributed by atoms with Crippen molar-refractivity contribution in [2.45, 2.75) is 12.5 Å². The summed E-state index contributed by atoms with van der Waals surface area (Å²) in [5.74, 6) is 0.0907. The molecule has 1 unspecified atom stereocenters. The number of morpholine rings is 1. The third-order valence-corrected chi connectivity index (χ3v) is 2.88. The van der Waals surface area contributed by atoms with E-state index in [0.29, 0.717) is 19.2 Å². The third-order valence-electron chi connectivity index (χ3n) is 2.88. The van der Waals surface area contributed by atoms with Crippen LogP contribution in [0, 0.1) is 0 Å². The number of amides is 1. The Morgan fingerprint density at radius 2 is 2.19 bits per heavy atom. The molecule has 1 N–H and O–H groups in total. The zero-order valence-electron chi connectivity index (χ0n) is 9.65. The first-order chi connectivity index (χ1) is 7.81. The van der Waals surface area contributed by atoms with Crippen molar-refractivity contribution in [3.8, 4) is 0 Å². The van der Waals surface area contributed by atoms with E-state index in [2.05, 4.69) is 10.3 Å². The first-order valence-electron chi connectivity index (χ1n) is 5.40. The second kappa shape index (κ2) is 6.57. The second-order valence-corrected chi connectivity index (χ2v) is 3.76. The number of carbonyl (C=O) groups is 2. The molecule has 6 heteroatoms. The number of rotatable bonds is 2. The molecule has 6 nitrogen and oxygen atoms in total. The highest BCUT2D eigenvalue weighted by molar-refractivity contribution is 5.77. The topological polar surface area (TPSA) is 61.9 Å². The predicted octanol–water partition coefficient (Wildman–Crippen LogP) is -1.13. The predicted molar refractivity (Wildman–Crippen MR) is 58.7 cm³/mol. The van der Waals surface area contributed by atoms with E-state index >= 15 is 0 Å². The molecule has 0 spiro atoms. The van der Waals surface area contributed by atoms with Gasteiger partial charge < -0.3 is 14.8 Å². The largest absolute Gasteiger partial charge is 0.370 e. The molecule has 2 aliphatic rings. The smallest absolute Gasteiger partial charge is 0.262 e. The number of likely N-dealkylation sites (N-methyl/N-ethyl adjacent to an activating group) is 1. The highest BCUT2D eigenvalue weighted by atomic mass is 16.5. The normalized spacial score (nSPS) is 26.4. The Morgan fingerprint density at radius 1 is 1.44 bits per heavy atom. The fraction of sp³-hybridized carbons (Fsp3) is 0.800. The molecule has 0 aromatic heterocycles. The highest BCUT2D eigenvalue weighted by Crippen LogP contribution is 2.13. The number of nitrogens with zero attached hydrogens (tertiary/aromatic N) is 2. The van der Waals surface area contributed by atoms with E-state index in [-0.39, 0.29) is 12.5 Å². The lowest BCUT2D eigenvalue weighted by Crippen LogP contribution is -2.52. The number of carbonyl (C=O) groups excluding carboxylic acids is 2. The van der Waals surface area contributed by atoms with Crippen LogP contribution in [0.15, 0.2) is 0 Å². The van der Waals surface area contributed by atoms with Gasteiger partial charge in [-0.2, -0.15) is 0 Å². The second-order valence-electron chi connectivity index (χ2n) is 3.76. The van der Waals surface area contributed by atoms with Crippen molar-refractivity contribution in [3.05, 3.63) is 0 Å². The van der Waals surface area contributed by atoms with Crippen LogP contribution < -0.4 is 5.32 Å². The maximum Gasteiger partial charge on any atom is 0.262 e. The van der Waals surface area contributed by atoms with Crippen molar-refractivity contribution in [1.29, 1.82) is 0 Å². The molecule has 16 heavy (non-hydrogen) atoms.